The first-order valence-electron chi connectivity index (χ1n) is 10.7. The highest BCUT2D eigenvalue weighted by Gasteiger charge is 2.13. The van der Waals surface area contributed by atoms with Gasteiger partial charge < -0.3 is 14.8 Å². The first-order chi connectivity index (χ1) is 14.4. The van der Waals surface area contributed by atoms with Gasteiger partial charge in [0.25, 0.3) is 0 Å². The molecule has 0 saturated heterocycles. The molecule has 3 aromatic carbocycles. The van der Waals surface area contributed by atoms with Crippen molar-refractivity contribution in [2.45, 2.75) is 45.7 Å². The fourth-order valence-corrected chi connectivity index (χ4v) is 3.20. The largest absolute Gasteiger partial charge is 0.490 e. The van der Waals surface area contributed by atoms with Crippen molar-refractivity contribution in [3.63, 3.8) is 0 Å². The Morgan fingerprint density at radius 1 is 0.733 bits per heavy atom. The molecule has 3 rings (SSSR count). The van der Waals surface area contributed by atoms with E-state index in [4.69, 9.17) is 9.47 Å². The normalized spacial score (nSPS) is 12.4. The predicted octanol–water partition coefficient (Wildman–Crippen LogP) is 6.29. The van der Waals surface area contributed by atoms with Crippen molar-refractivity contribution >= 4 is 0 Å². The average molecular weight is 404 g/mol. The van der Waals surface area contributed by atoms with Crippen molar-refractivity contribution in [2.75, 3.05) is 13.2 Å². The Kier molecular flexibility index (Phi) is 7.53. The van der Waals surface area contributed by atoms with E-state index in [1.54, 1.807) is 0 Å². The van der Waals surface area contributed by atoms with Crippen LogP contribution in [0.2, 0.25) is 0 Å². The van der Waals surface area contributed by atoms with E-state index in [1.807, 2.05) is 42.5 Å². The fourth-order valence-electron chi connectivity index (χ4n) is 3.20. The van der Waals surface area contributed by atoms with Crippen LogP contribution in [0.3, 0.4) is 0 Å². The van der Waals surface area contributed by atoms with Crippen molar-refractivity contribution in [3.8, 4) is 11.5 Å². The van der Waals surface area contributed by atoms with E-state index in [1.165, 1.54) is 16.7 Å². The van der Waals surface area contributed by atoms with E-state index >= 15 is 0 Å². The molecule has 0 fully saturated rings. The first-order valence-corrected chi connectivity index (χ1v) is 10.7. The van der Waals surface area contributed by atoms with Crippen LogP contribution < -0.4 is 14.8 Å². The molecule has 0 radical (unpaired) electrons. The first kappa shape index (κ1) is 21.9. The topological polar surface area (TPSA) is 30.5 Å². The minimum absolute atomic E-state index is 0.191. The maximum atomic E-state index is 5.78. The third kappa shape index (κ3) is 6.64. The second-order valence-corrected chi connectivity index (χ2v) is 8.63. The molecule has 0 aliphatic rings. The van der Waals surface area contributed by atoms with Crippen LogP contribution in [0.15, 0.2) is 78.9 Å². The Morgan fingerprint density at radius 3 is 1.87 bits per heavy atom. The van der Waals surface area contributed by atoms with Gasteiger partial charge in [0, 0.05) is 12.6 Å². The molecular formula is C27H33NO2. The zero-order valence-electron chi connectivity index (χ0n) is 18.5. The summed E-state index contributed by atoms with van der Waals surface area (Å²) in [6.45, 7) is 10.8. The number of rotatable bonds is 9. The van der Waals surface area contributed by atoms with E-state index in [9.17, 15) is 0 Å². The van der Waals surface area contributed by atoms with E-state index < -0.39 is 0 Å². The van der Waals surface area contributed by atoms with Gasteiger partial charge in [0.05, 0.1) is 0 Å². The monoisotopic (exact) mass is 403 g/mol. The van der Waals surface area contributed by atoms with Gasteiger partial charge in [0.2, 0.25) is 0 Å². The van der Waals surface area contributed by atoms with E-state index in [0.717, 1.165) is 18.0 Å². The average Bonchev–Trinajstić information content (AvgIpc) is 2.76. The highest BCUT2D eigenvalue weighted by molar-refractivity contribution is 5.30. The number of hydrogen-bond acceptors (Lipinski definition) is 3. The molecule has 0 heterocycles. The molecule has 1 atom stereocenters. The summed E-state index contributed by atoms with van der Waals surface area (Å²) < 4.78 is 11.4. The van der Waals surface area contributed by atoms with Gasteiger partial charge in [-0.25, -0.2) is 0 Å². The molecule has 0 aliphatic heterocycles. The summed E-state index contributed by atoms with van der Waals surface area (Å²) in [5.74, 6) is 1.73. The minimum atomic E-state index is 0.191. The van der Waals surface area contributed by atoms with Crippen LogP contribution in [-0.4, -0.2) is 13.2 Å². The van der Waals surface area contributed by atoms with Crippen LogP contribution in [0, 0.1) is 0 Å². The molecule has 0 aromatic heterocycles. The third-order valence-electron chi connectivity index (χ3n) is 5.18. The van der Waals surface area contributed by atoms with Crippen LogP contribution in [0.1, 0.15) is 50.4 Å². The highest BCUT2D eigenvalue weighted by atomic mass is 16.5. The fraction of sp³-hybridized carbons (Fsp3) is 0.333. The smallest absolute Gasteiger partial charge is 0.122 e. The number of nitrogens with one attached hydrogen (secondary N) is 1. The Morgan fingerprint density at radius 2 is 1.30 bits per heavy atom. The summed E-state index contributed by atoms with van der Waals surface area (Å²) in [5, 5.41) is 3.60. The Bertz CT molecular complexity index is 881. The predicted molar refractivity (Wildman–Crippen MR) is 124 cm³/mol. The van der Waals surface area contributed by atoms with Gasteiger partial charge in [-0.15, -0.1) is 0 Å². The van der Waals surface area contributed by atoms with E-state index in [0.29, 0.717) is 13.2 Å². The molecule has 3 aromatic rings. The SMILES string of the molecule is CC(NCc1ccc(C(C)(C)C)cc1)c1ccc(OCCOc2ccccc2)cc1. The van der Waals surface area contributed by atoms with Crippen LogP contribution in [0.5, 0.6) is 11.5 Å². The zero-order chi connectivity index (χ0) is 21.4. The quantitative estimate of drug-likeness (QED) is 0.426. The zero-order valence-corrected chi connectivity index (χ0v) is 18.5. The summed E-state index contributed by atoms with van der Waals surface area (Å²) in [6.07, 6.45) is 0. The third-order valence-corrected chi connectivity index (χ3v) is 5.18. The second kappa shape index (κ2) is 10.3. The standard InChI is InChI=1S/C27H33NO2/c1-21(28-20-22-10-14-24(15-11-22)27(2,3)4)23-12-16-26(17-13-23)30-19-18-29-25-8-6-5-7-9-25/h5-17,21,28H,18-20H2,1-4H3. The second-order valence-electron chi connectivity index (χ2n) is 8.63. The van der Waals surface area contributed by atoms with Gasteiger partial charge in [0.15, 0.2) is 0 Å². The van der Waals surface area contributed by atoms with Crippen molar-refractivity contribution in [1.29, 1.82) is 0 Å². The maximum Gasteiger partial charge on any atom is 0.122 e. The lowest BCUT2D eigenvalue weighted by molar-refractivity contribution is 0.217. The number of benzene rings is 3. The van der Waals surface area contributed by atoms with Crippen molar-refractivity contribution in [2.24, 2.45) is 0 Å². The van der Waals surface area contributed by atoms with Gasteiger partial charge in [-0.3, -0.25) is 0 Å². The molecule has 0 bridgehead atoms. The number of ether oxygens (including phenoxy) is 2. The molecule has 3 heteroatoms. The van der Waals surface area contributed by atoms with Crippen molar-refractivity contribution < 1.29 is 9.47 Å². The van der Waals surface area contributed by atoms with Gasteiger partial charge in [0.1, 0.15) is 24.7 Å². The summed E-state index contributed by atoms with van der Waals surface area (Å²) >= 11 is 0. The molecule has 0 aliphatic carbocycles. The Balaban J connectivity index is 1.42. The molecular weight excluding hydrogens is 370 g/mol. The van der Waals surface area contributed by atoms with Crippen molar-refractivity contribution in [1.82, 2.24) is 5.32 Å². The molecule has 1 N–H and O–H groups in total. The lowest BCUT2D eigenvalue weighted by Gasteiger charge is -2.20. The summed E-state index contributed by atoms with van der Waals surface area (Å²) in [6, 6.07) is 27.2. The van der Waals surface area contributed by atoms with Gasteiger partial charge in [-0.05, 0) is 53.3 Å². The summed E-state index contributed by atoms with van der Waals surface area (Å²) in [4.78, 5) is 0. The molecule has 1 unspecified atom stereocenters. The lowest BCUT2D eigenvalue weighted by Crippen LogP contribution is -2.18. The summed E-state index contributed by atoms with van der Waals surface area (Å²) in [7, 11) is 0. The number of hydrogen-bond donors (Lipinski definition) is 1. The van der Waals surface area contributed by atoms with Crippen LogP contribution in [-0.2, 0) is 12.0 Å². The van der Waals surface area contributed by atoms with Gasteiger partial charge in [-0.2, -0.15) is 0 Å². The minimum Gasteiger partial charge on any atom is -0.490 e. The molecule has 0 spiro atoms. The van der Waals surface area contributed by atoms with Gasteiger partial charge in [-0.1, -0.05) is 75.4 Å². The van der Waals surface area contributed by atoms with Crippen LogP contribution in [0.4, 0.5) is 0 Å². The van der Waals surface area contributed by atoms with Gasteiger partial charge >= 0.3 is 0 Å². The maximum absolute atomic E-state index is 5.78. The highest BCUT2D eigenvalue weighted by Crippen LogP contribution is 2.23. The van der Waals surface area contributed by atoms with E-state index in [-0.39, 0.29) is 11.5 Å². The summed E-state index contributed by atoms with van der Waals surface area (Å²) in [5.41, 5.74) is 4.10. The van der Waals surface area contributed by atoms with Crippen LogP contribution >= 0.6 is 0 Å². The Hall–Kier alpha value is -2.78. The molecule has 3 nitrogen and oxygen atoms in total. The molecule has 0 saturated carbocycles. The van der Waals surface area contributed by atoms with Crippen molar-refractivity contribution in [3.05, 3.63) is 95.6 Å². The molecule has 30 heavy (non-hydrogen) atoms. The number of para-hydroxylation sites is 1. The van der Waals surface area contributed by atoms with Crippen LogP contribution in [0.25, 0.3) is 0 Å². The molecule has 158 valence electrons. The lowest BCUT2D eigenvalue weighted by atomic mass is 9.87. The van der Waals surface area contributed by atoms with E-state index in [2.05, 4.69) is 69.4 Å². The Labute approximate surface area is 181 Å². The molecule has 0 amide bonds.